The molecule has 0 spiro atoms. The highest BCUT2D eigenvalue weighted by atomic mass is 16.2. The van der Waals surface area contributed by atoms with Gasteiger partial charge in [0.1, 0.15) is 6.29 Å². The second-order valence-corrected chi connectivity index (χ2v) is 1.63. The van der Waals surface area contributed by atoms with E-state index in [1.54, 1.807) is 6.92 Å². The van der Waals surface area contributed by atoms with Gasteiger partial charge in [0.15, 0.2) is 0 Å². The van der Waals surface area contributed by atoms with Crippen LogP contribution in [-0.2, 0) is 9.59 Å². The smallest absolute Gasteiger partial charge is 0.217 e. The van der Waals surface area contributed by atoms with Gasteiger partial charge in [-0.3, -0.25) is 4.79 Å². The highest BCUT2D eigenvalue weighted by Gasteiger charge is 1.97. The Morgan fingerprint density at radius 3 is 2.38 bits per heavy atom. The van der Waals surface area contributed by atoms with E-state index in [0.717, 1.165) is 0 Å². The number of nitrogens with one attached hydrogen (secondary N) is 1. The maximum atomic E-state index is 10.1. The highest BCUT2D eigenvalue weighted by molar-refractivity contribution is 5.76. The minimum Gasteiger partial charge on any atom is -0.347 e. The van der Waals surface area contributed by atoms with Crippen LogP contribution in [0.2, 0.25) is 0 Å². The van der Waals surface area contributed by atoms with Crippen LogP contribution < -0.4 is 5.32 Å². The fourth-order valence-electron chi connectivity index (χ4n) is 0.355. The Labute approximate surface area is 48.1 Å². The van der Waals surface area contributed by atoms with Crippen molar-refractivity contribution in [2.45, 2.75) is 19.9 Å². The molecule has 0 aliphatic heterocycles. The molecule has 0 aromatic rings. The molecule has 3 heteroatoms. The molecule has 0 aromatic heterocycles. The van der Waals surface area contributed by atoms with E-state index in [2.05, 4.69) is 5.32 Å². The largest absolute Gasteiger partial charge is 0.347 e. The van der Waals surface area contributed by atoms with Crippen LogP contribution >= 0.6 is 0 Å². The van der Waals surface area contributed by atoms with Crippen LogP contribution in [0.5, 0.6) is 0 Å². The van der Waals surface area contributed by atoms with Crippen molar-refractivity contribution in [3.63, 3.8) is 0 Å². The molecule has 0 saturated heterocycles. The number of aldehydes is 1. The van der Waals surface area contributed by atoms with Crippen LogP contribution in [-0.4, -0.2) is 18.2 Å². The molecule has 0 rings (SSSR count). The molecule has 8 heavy (non-hydrogen) atoms. The highest BCUT2D eigenvalue weighted by Crippen LogP contribution is 1.70. The fourth-order valence-corrected chi connectivity index (χ4v) is 0.355. The number of carbonyl (C=O) groups excluding carboxylic acids is 2. The van der Waals surface area contributed by atoms with E-state index in [1.165, 1.54) is 6.92 Å². The van der Waals surface area contributed by atoms with Gasteiger partial charge in [-0.2, -0.15) is 0 Å². The summed E-state index contributed by atoms with van der Waals surface area (Å²) in [5.74, 6) is -0.176. The van der Waals surface area contributed by atoms with Crippen LogP contribution in [0.1, 0.15) is 13.8 Å². The van der Waals surface area contributed by atoms with E-state index >= 15 is 0 Å². The third-order valence-corrected chi connectivity index (χ3v) is 0.635. The second-order valence-electron chi connectivity index (χ2n) is 1.63. The van der Waals surface area contributed by atoms with E-state index < -0.39 is 0 Å². The van der Waals surface area contributed by atoms with Gasteiger partial charge < -0.3 is 10.1 Å². The molecule has 1 atom stereocenters. The maximum Gasteiger partial charge on any atom is 0.217 e. The Bertz CT molecular complexity index is 101. The van der Waals surface area contributed by atoms with E-state index in [-0.39, 0.29) is 11.9 Å². The Hall–Kier alpha value is -0.860. The van der Waals surface area contributed by atoms with Crippen molar-refractivity contribution in [2.24, 2.45) is 0 Å². The molecule has 0 aliphatic carbocycles. The first kappa shape index (κ1) is 7.14. The van der Waals surface area contributed by atoms with E-state index in [0.29, 0.717) is 6.29 Å². The lowest BCUT2D eigenvalue weighted by molar-refractivity contribution is -0.121. The summed E-state index contributed by atoms with van der Waals surface area (Å²) in [6.07, 6.45) is 0.682. The predicted octanol–water partition coefficient (Wildman–Crippen LogP) is -0.290. The van der Waals surface area contributed by atoms with E-state index in [9.17, 15) is 9.59 Å². The molecule has 0 aliphatic rings. The zero-order valence-corrected chi connectivity index (χ0v) is 4.97. The summed E-state index contributed by atoms with van der Waals surface area (Å²) in [6, 6.07) is -0.354. The van der Waals surface area contributed by atoms with Gasteiger partial charge in [0.05, 0.1) is 6.04 Å². The lowest BCUT2D eigenvalue weighted by atomic mass is 10.4. The fraction of sp³-hybridized carbons (Fsp3) is 0.600. The second kappa shape index (κ2) is 3.18. The lowest BCUT2D eigenvalue weighted by Gasteiger charge is -2.00. The summed E-state index contributed by atoms with van der Waals surface area (Å²) < 4.78 is 0. The number of hydrogen-bond acceptors (Lipinski definition) is 2. The average molecular weight is 115 g/mol. The zero-order chi connectivity index (χ0) is 6.57. The van der Waals surface area contributed by atoms with Crippen molar-refractivity contribution in [2.75, 3.05) is 0 Å². The van der Waals surface area contributed by atoms with Gasteiger partial charge in [0.2, 0.25) is 5.91 Å². The molecule has 0 radical (unpaired) electrons. The zero-order valence-electron chi connectivity index (χ0n) is 4.97. The van der Waals surface area contributed by atoms with Gasteiger partial charge >= 0.3 is 0 Å². The minimum atomic E-state index is -0.354. The molecular formula is C5H9NO2. The van der Waals surface area contributed by atoms with E-state index in [1.807, 2.05) is 0 Å². The van der Waals surface area contributed by atoms with Crippen LogP contribution in [0.3, 0.4) is 0 Å². The van der Waals surface area contributed by atoms with Crippen molar-refractivity contribution in [1.29, 1.82) is 0 Å². The summed E-state index contributed by atoms with van der Waals surface area (Å²) in [6.45, 7) is 2.99. The molecular weight excluding hydrogens is 106 g/mol. The first-order valence-corrected chi connectivity index (χ1v) is 2.39. The lowest BCUT2D eigenvalue weighted by Crippen LogP contribution is -2.31. The van der Waals surface area contributed by atoms with Gasteiger partial charge in [-0.25, -0.2) is 0 Å². The van der Waals surface area contributed by atoms with E-state index in [4.69, 9.17) is 0 Å². The van der Waals surface area contributed by atoms with Gasteiger partial charge in [0.25, 0.3) is 0 Å². The molecule has 1 amide bonds. The summed E-state index contributed by atoms with van der Waals surface area (Å²) in [5, 5.41) is 2.39. The van der Waals surface area contributed by atoms with Gasteiger partial charge in [-0.15, -0.1) is 0 Å². The third-order valence-electron chi connectivity index (χ3n) is 0.635. The molecule has 0 fully saturated rings. The Kier molecular flexibility index (Phi) is 2.84. The van der Waals surface area contributed by atoms with Crippen molar-refractivity contribution in [3.05, 3.63) is 0 Å². The Balaban J connectivity index is 3.38. The van der Waals surface area contributed by atoms with Gasteiger partial charge in [0, 0.05) is 6.92 Å². The normalized spacial score (nSPS) is 12.2. The van der Waals surface area contributed by atoms with Crippen LogP contribution in [0.15, 0.2) is 0 Å². The van der Waals surface area contributed by atoms with Crippen molar-refractivity contribution in [3.8, 4) is 0 Å². The van der Waals surface area contributed by atoms with Crippen LogP contribution in [0.25, 0.3) is 0 Å². The van der Waals surface area contributed by atoms with Gasteiger partial charge in [-0.1, -0.05) is 0 Å². The molecule has 0 saturated carbocycles. The summed E-state index contributed by atoms with van der Waals surface area (Å²) in [4.78, 5) is 20.0. The summed E-state index contributed by atoms with van der Waals surface area (Å²) in [7, 11) is 0. The number of hydrogen-bond donors (Lipinski definition) is 1. The molecule has 0 bridgehead atoms. The molecule has 46 valence electrons. The SMILES string of the molecule is CC(=O)N[C@@H](C)C=O. The maximum absolute atomic E-state index is 10.1. The van der Waals surface area contributed by atoms with Crippen LogP contribution in [0.4, 0.5) is 0 Å². The predicted molar refractivity (Wildman–Crippen MR) is 29.3 cm³/mol. The Morgan fingerprint density at radius 2 is 2.25 bits per heavy atom. The monoisotopic (exact) mass is 115 g/mol. The average Bonchev–Trinajstić information content (AvgIpc) is 1.65. The quantitative estimate of drug-likeness (QED) is 0.503. The standard InChI is InChI=1S/C5H9NO2/c1-4(3-7)6-5(2)8/h3-4H,1-2H3,(H,6,8)/t4-/m0/s1. The molecule has 0 unspecified atom stereocenters. The summed E-state index contributed by atoms with van der Waals surface area (Å²) in [5.41, 5.74) is 0. The molecule has 1 N–H and O–H groups in total. The first-order chi connectivity index (χ1) is 3.66. The minimum absolute atomic E-state index is 0.176. The topological polar surface area (TPSA) is 46.2 Å². The number of rotatable bonds is 2. The Morgan fingerprint density at radius 1 is 1.75 bits per heavy atom. The molecule has 0 aromatic carbocycles. The number of amides is 1. The van der Waals surface area contributed by atoms with Crippen molar-refractivity contribution >= 4 is 12.2 Å². The van der Waals surface area contributed by atoms with Crippen molar-refractivity contribution in [1.82, 2.24) is 5.32 Å². The number of carbonyl (C=O) groups is 2. The van der Waals surface area contributed by atoms with Crippen molar-refractivity contribution < 1.29 is 9.59 Å². The first-order valence-electron chi connectivity index (χ1n) is 2.39. The molecule has 3 nitrogen and oxygen atoms in total. The van der Waals surface area contributed by atoms with Crippen LogP contribution in [0, 0.1) is 0 Å². The summed E-state index contributed by atoms with van der Waals surface area (Å²) >= 11 is 0. The third kappa shape index (κ3) is 3.33. The molecule has 0 heterocycles. The van der Waals surface area contributed by atoms with Gasteiger partial charge in [-0.05, 0) is 6.92 Å².